The number of fused-ring (bicyclic) bond motifs is 1. The number of halogens is 2. The summed E-state index contributed by atoms with van der Waals surface area (Å²) >= 11 is 11.8. The van der Waals surface area contributed by atoms with Crippen molar-refractivity contribution in [2.75, 3.05) is 11.5 Å². The summed E-state index contributed by atoms with van der Waals surface area (Å²) in [6.07, 6.45) is 0. The molecule has 0 aliphatic rings. The van der Waals surface area contributed by atoms with Crippen molar-refractivity contribution < 1.29 is 0 Å². The Balaban J connectivity index is 2.95. The molecular formula is C10H8Cl2N2. The van der Waals surface area contributed by atoms with Gasteiger partial charge in [0, 0.05) is 21.5 Å². The molecule has 0 bridgehead atoms. The summed E-state index contributed by atoms with van der Waals surface area (Å²) in [5.41, 5.74) is 12.7. The van der Waals surface area contributed by atoms with E-state index in [1.807, 2.05) is 6.07 Å². The molecule has 14 heavy (non-hydrogen) atoms. The van der Waals surface area contributed by atoms with Gasteiger partial charge < -0.3 is 11.5 Å². The van der Waals surface area contributed by atoms with Gasteiger partial charge in [0.05, 0.1) is 10.7 Å². The fourth-order valence-corrected chi connectivity index (χ4v) is 1.80. The molecule has 2 aromatic carbocycles. The topological polar surface area (TPSA) is 52.0 Å². The van der Waals surface area contributed by atoms with E-state index in [4.69, 9.17) is 34.7 Å². The third-order valence-corrected chi connectivity index (χ3v) is 2.67. The van der Waals surface area contributed by atoms with E-state index in [1.165, 1.54) is 0 Å². The lowest BCUT2D eigenvalue weighted by Gasteiger charge is -2.07. The number of nitrogens with two attached hydrogens (primary N) is 2. The maximum absolute atomic E-state index is 5.90. The SMILES string of the molecule is Nc1cc(Cl)c(N)c2cc(Cl)ccc12. The molecule has 4 heteroatoms. The van der Waals surface area contributed by atoms with Crippen LogP contribution in [-0.2, 0) is 0 Å². The lowest BCUT2D eigenvalue weighted by molar-refractivity contribution is 1.71. The number of hydrogen-bond acceptors (Lipinski definition) is 2. The summed E-state index contributed by atoms with van der Waals surface area (Å²) in [5.74, 6) is 0. The molecule has 2 aromatic rings. The molecule has 2 rings (SSSR count). The molecule has 0 atom stereocenters. The first-order valence-corrected chi connectivity index (χ1v) is 4.78. The average molecular weight is 227 g/mol. The van der Waals surface area contributed by atoms with Crippen LogP contribution in [0.5, 0.6) is 0 Å². The molecule has 72 valence electrons. The highest BCUT2D eigenvalue weighted by molar-refractivity contribution is 6.36. The van der Waals surface area contributed by atoms with Gasteiger partial charge in [-0.15, -0.1) is 0 Å². The predicted octanol–water partition coefficient (Wildman–Crippen LogP) is 3.31. The Kier molecular flexibility index (Phi) is 2.17. The first kappa shape index (κ1) is 9.44. The second kappa shape index (κ2) is 3.23. The predicted molar refractivity (Wildman–Crippen MR) is 62.8 cm³/mol. The standard InChI is InChI=1S/C10H8Cl2N2/c11-5-1-2-6-7(3-5)10(14)8(12)4-9(6)13/h1-4H,13-14H2. The number of benzene rings is 2. The number of rotatable bonds is 0. The Morgan fingerprint density at radius 1 is 0.929 bits per heavy atom. The number of anilines is 2. The van der Waals surface area contributed by atoms with Gasteiger partial charge in [0.1, 0.15) is 0 Å². The van der Waals surface area contributed by atoms with Crippen LogP contribution in [0.3, 0.4) is 0 Å². The zero-order valence-corrected chi connectivity index (χ0v) is 8.73. The molecule has 0 aliphatic heterocycles. The van der Waals surface area contributed by atoms with E-state index in [0.29, 0.717) is 21.4 Å². The van der Waals surface area contributed by atoms with Gasteiger partial charge in [-0.2, -0.15) is 0 Å². The van der Waals surface area contributed by atoms with Crippen molar-refractivity contribution in [3.63, 3.8) is 0 Å². The van der Waals surface area contributed by atoms with Crippen molar-refractivity contribution in [3.8, 4) is 0 Å². The van der Waals surface area contributed by atoms with Crippen LogP contribution in [0.2, 0.25) is 10.0 Å². The average Bonchev–Trinajstić information content (AvgIpc) is 2.14. The molecular weight excluding hydrogens is 219 g/mol. The second-order valence-corrected chi connectivity index (χ2v) is 3.89. The van der Waals surface area contributed by atoms with Crippen LogP contribution < -0.4 is 11.5 Å². The Bertz CT molecular complexity index is 509. The van der Waals surface area contributed by atoms with Gasteiger partial charge in [-0.3, -0.25) is 0 Å². The van der Waals surface area contributed by atoms with Crippen LogP contribution in [-0.4, -0.2) is 0 Å². The largest absolute Gasteiger partial charge is 0.398 e. The lowest BCUT2D eigenvalue weighted by atomic mass is 10.1. The van der Waals surface area contributed by atoms with Crippen molar-refractivity contribution >= 4 is 45.3 Å². The lowest BCUT2D eigenvalue weighted by Crippen LogP contribution is -1.93. The van der Waals surface area contributed by atoms with Crippen molar-refractivity contribution in [1.29, 1.82) is 0 Å². The summed E-state index contributed by atoms with van der Waals surface area (Å²) in [7, 11) is 0. The smallest absolute Gasteiger partial charge is 0.0662 e. The summed E-state index contributed by atoms with van der Waals surface area (Å²) in [5, 5.41) is 2.74. The number of hydrogen-bond donors (Lipinski definition) is 2. The van der Waals surface area contributed by atoms with E-state index in [9.17, 15) is 0 Å². The summed E-state index contributed by atoms with van der Waals surface area (Å²) in [6, 6.07) is 7.01. The maximum Gasteiger partial charge on any atom is 0.0662 e. The minimum Gasteiger partial charge on any atom is -0.398 e. The van der Waals surface area contributed by atoms with Crippen LogP contribution in [0.1, 0.15) is 0 Å². The van der Waals surface area contributed by atoms with Gasteiger partial charge in [-0.1, -0.05) is 29.3 Å². The van der Waals surface area contributed by atoms with E-state index in [0.717, 1.165) is 10.8 Å². The molecule has 0 aliphatic carbocycles. The van der Waals surface area contributed by atoms with Crippen molar-refractivity contribution in [1.82, 2.24) is 0 Å². The third-order valence-electron chi connectivity index (χ3n) is 2.12. The molecule has 0 saturated carbocycles. The molecule has 2 nitrogen and oxygen atoms in total. The van der Waals surface area contributed by atoms with E-state index in [2.05, 4.69) is 0 Å². The fraction of sp³-hybridized carbons (Fsp3) is 0. The molecule has 0 fully saturated rings. The van der Waals surface area contributed by atoms with E-state index in [1.54, 1.807) is 18.2 Å². The van der Waals surface area contributed by atoms with Gasteiger partial charge in [-0.05, 0) is 18.2 Å². The monoisotopic (exact) mass is 226 g/mol. The zero-order chi connectivity index (χ0) is 10.3. The van der Waals surface area contributed by atoms with E-state index in [-0.39, 0.29) is 0 Å². The quantitative estimate of drug-likeness (QED) is 0.678. The highest BCUT2D eigenvalue weighted by Gasteiger charge is 2.06. The Morgan fingerprint density at radius 2 is 1.64 bits per heavy atom. The van der Waals surface area contributed by atoms with Crippen molar-refractivity contribution in [2.45, 2.75) is 0 Å². The molecule has 0 saturated heterocycles. The van der Waals surface area contributed by atoms with Crippen LogP contribution in [0.15, 0.2) is 24.3 Å². The Hall–Kier alpha value is -1.12. The zero-order valence-electron chi connectivity index (χ0n) is 7.22. The van der Waals surface area contributed by atoms with E-state index < -0.39 is 0 Å². The highest BCUT2D eigenvalue weighted by atomic mass is 35.5. The summed E-state index contributed by atoms with van der Waals surface area (Å²) in [4.78, 5) is 0. The first-order valence-electron chi connectivity index (χ1n) is 4.02. The third kappa shape index (κ3) is 1.37. The Labute approximate surface area is 91.4 Å². The minimum atomic E-state index is 0.456. The molecule has 0 amide bonds. The van der Waals surface area contributed by atoms with Crippen molar-refractivity contribution in [2.24, 2.45) is 0 Å². The first-order chi connectivity index (χ1) is 6.59. The van der Waals surface area contributed by atoms with Gasteiger partial charge >= 0.3 is 0 Å². The molecule has 0 spiro atoms. The molecule has 0 radical (unpaired) electrons. The summed E-state index contributed by atoms with van der Waals surface area (Å²) in [6.45, 7) is 0. The fourth-order valence-electron chi connectivity index (χ4n) is 1.41. The highest BCUT2D eigenvalue weighted by Crippen LogP contribution is 2.34. The minimum absolute atomic E-state index is 0.456. The summed E-state index contributed by atoms with van der Waals surface area (Å²) < 4.78 is 0. The molecule has 0 unspecified atom stereocenters. The maximum atomic E-state index is 5.90. The van der Waals surface area contributed by atoms with Gasteiger partial charge in [-0.25, -0.2) is 0 Å². The molecule has 4 N–H and O–H groups in total. The van der Waals surface area contributed by atoms with Crippen molar-refractivity contribution in [3.05, 3.63) is 34.3 Å². The van der Waals surface area contributed by atoms with Crippen LogP contribution in [0, 0.1) is 0 Å². The van der Waals surface area contributed by atoms with Gasteiger partial charge in [0.2, 0.25) is 0 Å². The second-order valence-electron chi connectivity index (χ2n) is 3.05. The van der Waals surface area contributed by atoms with E-state index >= 15 is 0 Å². The van der Waals surface area contributed by atoms with Gasteiger partial charge in [0.25, 0.3) is 0 Å². The molecule has 0 heterocycles. The molecule has 0 aromatic heterocycles. The van der Waals surface area contributed by atoms with Crippen LogP contribution >= 0.6 is 23.2 Å². The normalized spacial score (nSPS) is 10.7. The van der Waals surface area contributed by atoms with Crippen LogP contribution in [0.4, 0.5) is 11.4 Å². The van der Waals surface area contributed by atoms with Gasteiger partial charge in [0.15, 0.2) is 0 Å². The number of nitrogen functional groups attached to an aromatic ring is 2. The van der Waals surface area contributed by atoms with Crippen LogP contribution in [0.25, 0.3) is 10.8 Å². The Morgan fingerprint density at radius 3 is 2.36 bits per heavy atom.